The fraction of sp³-hybridized carbons (Fsp3) is 0.444. The van der Waals surface area contributed by atoms with Gasteiger partial charge >= 0.3 is 6.03 Å². The van der Waals surface area contributed by atoms with Crippen molar-refractivity contribution in [3.8, 4) is 0 Å². The molecule has 8 heteroatoms. The van der Waals surface area contributed by atoms with Crippen molar-refractivity contribution in [1.29, 1.82) is 0 Å². The molecule has 3 aromatic rings. The average molecular weight is 354 g/mol. The Morgan fingerprint density at radius 1 is 1.35 bits per heavy atom. The molecule has 1 saturated heterocycles. The van der Waals surface area contributed by atoms with Gasteiger partial charge in [-0.3, -0.25) is 0 Å². The predicted octanol–water partition coefficient (Wildman–Crippen LogP) is 2.77. The Morgan fingerprint density at radius 2 is 2.23 bits per heavy atom. The average Bonchev–Trinajstić information content (AvgIpc) is 3.26. The molecule has 0 unspecified atom stereocenters. The first kappa shape index (κ1) is 16.6. The van der Waals surface area contributed by atoms with Crippen molar-refractivity contribution >= 4 is 11.7 Å². The molecule has 4 heterocycles. The van der Waals surface area contributed by atoms with E-state index in [1.165, 1.54) is 0 Å². The molecule has 8 nitrogen and oxygen atoms in total. The van der Waals surface area contributed by atoms with Crippen LogP contribution in [0.2, 0.25) is 0 Å². The number of aryl methyl sites for hydroxylation is 2. The lowest BCUT2D eigenvalue weighted by Gasteiger charge is -2.33. The van der Waals surface area contributed by atoms with Crippen LogP contribution in [0, 0.1) is 13.8 Å². The van der Waals surface area contributed by atoms with Gasteiger partial charge in [-0.1, -0.05) is 11.2 Å². The monoisotopic (exact) mass is 354 g/mol. The van der Waals surface area contributed by atoms with Crippen LogP contribution in [0.25, 0.3) is 5.65 Å². The Balaban J connectivity index is 1.46. The van der Waals surface area contributed by atoms with Gasteiger partial charge in [-0.05, 0) is 44.7 Å². The van der Waals surface area contributed by atoms with E-state index in [-0.39, 0.29) is 12.1 Å². The highest BCUT2D eigenvalue weighted by atomic mass is 16.5. The molecule has 0 saturated carbocycles. The van der Waals surface area contributed by atoms with Gasteiger partial charge in [-0.25, -0.2) is 9.78 Å². The molecule has 4 rings (SSSR count). The lowest BCUT2D eigenvalue weighted by Crippen LogP contribution is -2.44. The Bertz CT molecular complexity index is 931. The summed E-state index contributed by atoms with van der Waals surface area (Å²) in [6.45, 7) is 4.87. The van der Waals surface area contributed by atoms with E-state index in [1.807, 2.05) is 35.9 Å². The minimum absolute atomic E-state index is 0.126. The van der Waals surface area contributed by atoms with E-state index in [0.29, 0.717) is 24.8 Å². The number of piperidine rings is 1. The summed E-state index contributed by atoms with van der Waals surface area (Å²) in [5.41, 5.74) is 2.84. The minimum atomic E-state index is -0.159. The van der Waals surface area contributed by atoms with Crippen molar-refractivity contribution in [2.24, 2.45) is 0 Å². The van der Waals surface area contributed by atoms with Gasteiger partial charge < -0.3 is 19.1 Å². The number of amides is 2. The van der Waals surface area contributed by atoms with Crippen LogP contribution in [-0.2, 0) is 6.54 Å². The summed E-state index contributed by atoms with van der Waals surface area (Å²) in [5, 5.41) is 6.83. The number of rotatable bonds is 3. The molecule has 1 aliphatic heterocycles. The molecular weight excluding hydrogens is 332 g/mol. The predicted molar refractivity (Wildman–Crippen MR) is 94.5 cm³/mol. The molecule has 26 heavy (non-hydrogen) atoms. The first-order valence-electron chi connectivity index (χ1n) is 8.89. The molecular formula is C18H22N6O2. The number of likely N-dealkylation sites (tertiary alicyclic amines) is 1. The van der Waals surface area contributed by atoms with Crippen LogP contribution in [0.3, 0.4) is 0 Å². The zero-order valence-electron chi connectivity index (χ0n) is 15.0. The molecule has 2 amide bonds. The Hall–Kier alpha value is -2.90. The second-order valence-corrected chi connectivity index (χ2v) is 6.70. The highest BCUT2D eigenvalue weighted by Gasteiger charge is 2.31. The molecule has 0 radical (unpaired) electrons. The summed E-state index contributed by atoms with van der Waals surface area (Å²) in [6.07, 6.45) is 6.76. The maximum Gasteiger partial charge on any atom is 0.318 e. The zero-order valence-corrected chi connectivity index (χ0v) is 15.0. The van der Waals surface area contributed by atoms with Crippen LogP contribution >= 0.6 is 0 Å². The van der Waals surface area contributed by atoms with E-state index in [0.717, 1.165) is 36.2 Å². The second kappa shape index (κ2) is 6.78. The van der Waals surface area contributed by atoms with Gasteiger partial charge in [0, 0.05) is 18.9 Å². The number of hydrogen-bond acceptors (Lipinski definition) is 5. The number of hydrogen-bond donors (Lipinski definition) is 1. The van der Waals surface area contributed by atoms with Crippen LogP contribution in [0.1, 0.15) is 48.3 Å². The van der Waals surface area contributed by atoms with Crippen molar-refractivity contribution in [1.82, 2.24) is 29.7 Å². The number of fused-ring (bicyclic) bond motifs is 1. The maximum atomic E-state index is 12.7. The number of pyridine rings is 1. The number of imidazole rings is 1. The van der Waals surface area contributed by atoms with E-state index < -0.39 is 0 Å². The smallest absolute Gasteiger partial charge is 0.318 e. The third kappa shape index (κ3) is 3.14. The second-order valence-electron chi connectivity index (χ2n) is 6.70. The van der Waals surface area contributed by atoms with Gasteiger partial charge in [0.05, 0.1) is 12.2 Å². The standard InChI is InChI=1S/C18H22N6O2/c1-12-6-5-8-23-11-14(21-16(12)23)10-19-18(25)24-9-4-3-7-15(24)17-20-13(2)22-26-17/h5-6,8,11,15H,3-4,7,9-10H2,1-2H3,(H,19,25)/t15-/m1/s1. The van der Waals surface area contributed by atoms with E-state index in [9.17, 15) is 4.79 Å². The van der Waals surface area contributed by atoms with Crippen LogP contribution in [0.4, 0.5) is 4.79 Å². The minimum Gasteiger partial charge on any atom is -0.337 e. The van der Waals surface area contributed by atoms with Crippen molar-refractivity contribution in [2.45, 2.75) is 45.7 Å². The van der Waals surface area contributed by atoms with Crippen molar-refractivity contribution < 1.29 is 9.32 Å². The van der Waals surface area contributed by atoms with Gasteiger partial charge in [0.1, 0.15) is 11.7 Å². The number of urea groups is 1. The molecule has 3 aromatic heterocycles. The fourth-order valence-electron chi connectivity index (χ4n) is 3.44. The van der Waals surface area contributed by atoms with Gasteiger partial charge in [-0.15, -0.1) is 0 Å². The van der Waals surface area contributed by atoms with E-state index in [1.54, 1.807) is 11.8 Å². The summed E-state index contributed by atoms with van der Waals surface area (Å²) >= 11 is 0. The Morgan fingerprint density at radius 3 is 3.00 bits per heavy atom. The topological polar surface area (TPSA) is 88.6 Å². The quantitative estimate of drug-likeness (QED) is 0.781. The number of aromatic nitrogens is 4. The molecule has 1 aliphatic rings. The van der Waals surface area contributed by atoms with E-state index in [4.69, 9.17) is 4.52 Å². The summed E-state index contributed by atoms with van der Waals surface area (Å²) in [4.78, 5) is 23.4. The summed E-state index contributed by atoms with van der Waals surface area (Å²) in [7, 11) is 0. The van der Waals surface area contributed by atoms with Crippen LogP contribution < -0.4 is 5.32 Å². The third-order valence-electron chi connectivity index (χ3n) is 4.74. The normalized spacial score (nSPS) is 17.6. The summed E-state index contributed by atoms with van der Waals surface area (Å²) in [6, 6.07) is 3.72. The van der Waals surface area contributed by atoms with Crippen molar-refractivity contribution in [3.05, 3.63) is 47.5 Å². The zero-order chi connectivity index (χ0) is 18.1. The molecule has 1 fully saturated rings. The Labute approximate surface area is 151 Å². The van der Waals surface area contributed by atoms with Crippen molar-refractivity contribution in [3.63, 3.8) is 0 Å². The van der Waals surface area contributed by atoms with Crippen LogP contribution in [0.5, 0.6) is 0 Å². The molecule has 0 spiro atoms. The Kier molecular flexibility index (Phi) is 4.32. The van der Waals surface area contributed by atoms with E-state index >= 15 is 0 Å². The SMILES string of the molecule is Cc1noc([C@H]2CCCCN2C(=O)NCc2cn3cccc(C)c3n2)n1. The first-order valence-corrected chi connectivity index (χ1v) is 8.89. The van der Waals surface area contributed by atoms with Crippen LogP contribution in [-0.4, -0.2) is 37.0 Å². The van der Waals surface area contributed by atoms with Gasteiger partial charge in [-0.2, -0.15) is 4.98 Å². The maximum absolute atomic E-state index is 12.7. The molecule has 1 N–H and O–H groups in total. The molecule has 0 aromatic carbocycles. The van der Waals surface area contributed by atoms with E-state index in [2.05, 4.69) is 20.4 Å². The number of carbonyl (C=O) groups is 1. The summed E-state index contributed by atoms with van der Waals surface area (Å²) in [5.74, 6) is 1.10. The van der Waals surface area contributed by atoms with Gasteiger partial charge in [0.2, 0.25) is 5.89 Å². The lowest BCUT2D eigenvalue weighted by atomic mass is 10.0. The van der Waals surface area contributed by atoms with Crippen LogP contribution in [0.15, 0.2) is 29.0 Å². The number of nitrogens with zero attached hydrogens (tertiary/aromatic N) is 5. The molecule has 0 aliphatic carbocycles. The highest BCUT2D eigenvalue weighted by Crippen LogP contribution is 2.29. The third-order valence-corrected chi connectivity index (χ3v) is 4.74. The number of nitrogens with one attached hydrogen (secondary N) is 1. The molecule has 1 atom stereocenters. The first-order chi connectivity index (χ1) is 12.6. The molecule has 136 valence electrons. The largest absolute Gasteiger partial charge is 0.337 e. The fourth-order valence-corrected chi connectivity index (χ4v) is 3.44. The summed E-state index contributed by atoms with van der Waals surface area (Å²) < 4.78 is 7.28. The number of carbonyl (C=O) groups excluding carboxylic acids is 1. The molecule has 0 bridgehead atoms. The lowest BCUT2D eigenvalue weighted by molar-refractivity contribution is 0.131. The van der Waals surface area contributed by atoms with Crippen molar-refractivity contribution in [2.75, 3.05) is 6.54 Å². The van der Waals surface area contributed by atoms with Gasteiger partial charge in [0.25, 0.3) is 0 Å². The van der Waals surface area contributed by atoms with Gasteiger partial charge in [0.15, 0.2) is 5.82 Å². The highest BCUT2D eigenvalue weighted by molar-refractivity contribution is 5.74.